The first-order chi connectivity index (χ1) is 30.7. The van der Waals surface area contributed by atoms with E-state index in [9.17, 15) is 0 Å². The van der Waals surface area contributed by atoms with Crippen LogP contribution < -0.4 is 0 Å². The molecule has 0 unspecified atom stereocenters. The van der Waals surface area contributed by atoms with Crippen LogP contribution in [-0.4, -0.2) is 27.9 Å². The first-order valence-corrected chi connectivity index (χ1v) is 21.0. The lowest BCUT2D eigenvalue weighted by atomic mass is 10.0. The van der Waals surface area contributed by atoms with E-state index in [1.165, 1.54) is 27.8 Å². The minimum atomic E-state index is 0.877. The second-order valence-electron chi connectivity index (χ2n) is 16.0. The molecule has 6 nitrogen and oxygen atoms in total. The fraction of sp³-hybridized carbons (Fsp3) is 0. The van der Waals surface area contributed by atoms with Crippen molar-refractivity contribution in [2.45, 2.75) is 0 Å². The molecular weight excluding hydrogens is 757 g/mol. The number of hydrogen-bond acceptors (Lipinski definition) is 2. The molecule has 0 atom stereocenters. The summed E-state index contributed by atoms with van der Waals surface area (Å²) in [4.78, 5) is 10.5. The minimum Gasteiger partial charge on any atom is -0.278 e. The van der Waals surface area contributed by atoms with Crippen molar-refractivity contribution < 1.29 is 0 Å². The van der Waals surface area contributed by atoms with E-state index in [0.29, 0.717) is 0 Å². The number of imidazole rings is 4. The van der Waals surface area contributed by atoms with E-state index >= 15 is 0 Å². The molecule has 0 aliphatic rings. The fourth-order valence-electron chi connectivity index (χ4n) is 9.40. The average Bonchev–Trinajstić information content (AvgIpc) is 4.08. The first kappa shape index (κ1) is 34.4. The molecule has 0 radical (unpaired) electrons. The summed E-state index contributed by atoms with van der Waals surface area (Å²) in [6, 6.07) is 77.9. The maximum Gasteiger partial charge on any atom is 0.220 e. The molecular formula is C56H36N6. The van der Waals surface area contributed by atoms with E-state index in [4.69, 9.17) is 9.97 Å². The van der Waals surface area contributed by atoms with Crippen LogP contribution in [0.15, 0.2) is 218 Å². The maximum atomic E-state index is 5.31. The van der Waals surface area contributed by atoms with Gasteiger partial charge in [0.05, 0.1) is 44.1 Å². The molecule has 0 saturated carbocycles. The molecule has 13 aromatic rings. The van der Waals surface area contributed by atoms with Gasteiger partial charge in [0.1, 0.15) is 0 Å². The van der Waals surface area contributed by atoms with Crippen LogP contribution in [0.3, 0.4) is 0 Å². The van der Waals surface area contributed by atoms with Gasteiger partial charge in [0.25, 0.3) is 0 Å². The quantitative estimate of drug-likeness (QED) is 0.168. The van der Waals surface area contributed by atoms with Gasteiger partial charge in [0.2, 0.25) is 11.6 Å². The van der Waals surface area contributed by atoms with Crippen LogP contribution in [0.2, 0.25) is 0 Å². The predicted molar refractivity (Wildman–Crippen MR) is 254 cm³/mol. The van der Waals surface area contributed by atoms with Gasteiger partial charge in [-0.15, -0.1) is 0 Å². The molecule has 0 N–H and O–H groups in total. The Bertz CT molecular complexity index is 3820. The van der Waals surface area contributed by atoms with Crippen LogP contribution in [0.25, 0.3) is 112 Å². The summed E-state index contributed by atoms with van der Waals surface area (Å²) in [5.74, 6) is 1.76. The van der Waals surface area contributed by atoms with Crippen molar-refractivity contribution in [1.29, 1.82) is 0 Å². The highest BCUT2D eigenvalue weighted by Crippen LogP contribution is 2.37. The van der Waals surface area contributed by atoms with Crippen molar-refractivity contribution in [3.63, 3.8) is 0 Å². The second kappa shape index (κ2) is 13.5. The zero-order valence-electron chi connectivity index (χ0n) is 33.5. The van der Waals surface area contributed by atoms with Crippen LogP contribution in [-0.2, 0) is 0 Å². The highest BCUT2D eigenvalue weighted by atomic mass is 15.2. The zero-order valence-corrected chi connectivity index (χ0v) is 33.5. The number of rotatable bonds is 6. The normalized spacial score (nSPS) is 11.9. The van der Waals surface area contributed by atoms with E-state index in [1.54, 1.807) is 0 Å². The third-order valence-electron chi connectivity index (χ3n) is 12.4. The van der Waals surface area contributed by atoms with Crippen molar-refractivity contribution in [3.8, 4) is 55.9 Å². The van der Waals surface area contributed by atoms with E-state index in [-0.39, 0.29) is 0 Å². The Labute approximate surface area is 356 Å². The van der Waals surface area contributed by atoms with Crippen LogP contribution >= 0.6 is 0 Å². The van der Waals surface area contributed by atoms with E-state index in [2.05, 4.69) is 236 Å². The lowest BCUT2D eigenvalue weighted by Gasteiger charge is -2.09. The minimum absolute atomic E-state index is 0.877. The van der Waals surface area contributed by atoms with Crippen LogP contribution in [0, 0.1) is 0 Å². The average molecular weight is 793 g/mol. The van der Waals surface area contributed by atoms with Crippen molar-refractivity contribution in [3.05, 3.63) is 218 Å². The molecule has 0 spiro atoms. The number of fused-ring (bicyclic) bond motifs is 10. The Kier molecular flexibility index (Phi) is 7.50. The van der Waals surface area contributed by atoms with Crippen LogP contribution in [0.4, 0.5) is 0 Å². The summed E-state index contributed by atoms with van der Waals surface area (Å²) in [5.41, 5.74) is 19.9. The maximum absolute atomic E-state index is 5.31. The number of nitrogens with zero attached hydrogens (tertiary/aromatic N) is 6. The molecule has 6 heteroatoms. The number of aromatic nitrogens is 6. The number of hydrogen-bond donors (Lipinski definition) is 0. The molecule has 0 amide bonds. The van der Waals surface area contributed by atoms with Gasteiger partial charge in [-0.2, -0.15) is 0 Å². The monoisotopic (exact) mass is 792 g/mol. The van der Waals surface area contributed by atoms with Gasteiger partial charge in [-0.3, -0.25) is 17.9 Å². The summed E-state index contributed by atoms with van der Waals surface area (Å²) >= 11 is 0. The van der Waals surface area contributed by atoms with E-state index in [1.807, 2.05) is 0 Å². The van der Waals surface area contributed by atoms with Gasteiger partial charge in [-0.05, 0) is 117 Å². The highest BCUT2D eigenvalue weighted by Gasteiger charge is 2.21. The Morgan fingerprint density at radius 2 is 0.597 bits per heavy atom. The van der Waals surface area contributed by atoms with Gasteiger partial charge in [0, 0.05) is 11.4 Å². The zero-order chi connectivity index (χ0) is 40.7. The lowest BCUT2D eigenvalue weighted by Crippen LogP contribution is -1.95. The molecule has 0 saturated heterocycles. The summed E-state index contributed by atoms with van der Waals surface area (Å²) in [7, 11) is 0. The Morgan fingerprint density at radius 1 is 0.242 bits per heavy atom. The molecule has 4 heterocycles. The van der Waals surface area contributed by atoms with Gasteiger partial charge < -0.3 is 0 Å². The topological polar surface area (TPSA) is 44.5 Å². The van der Waals surface area contributed by atoms with E-state index < -0.39 is 0 Å². The lowest BCUT2D eigenvalue weighted by molar-refractivity contribution is 1.11. The Balaban J connectivity index is 1.01. The standard InChI is InChI=1S/C56H36N6/c1-4-12-37(13-5-1)40-20-27-45(28-21-40)59-50-32-25-43(35-53(50)61-49-19-11-10-18-47(49)57-55(59)61)44-26-33-51-54(36-44)62-52-34-42(39-16-8-3-9-17-39)24-31-48(52)58-56(62)60(51)46-29-22-41(23-30-46)38-14-6-2-7-15-38/h1-36H. The molecule has 0 bridgehead atoms. The Morgan fingerprint density at radius 3 is 1.11 bits per heavy atom. The molecule has 0 fully saturated rings. The summed E-state index contributed by atoms with van der Waals surface area (Å²) in [6.45, 7) is 0. The third kappa shape index (κ3) is 5.30. The number of benzene rings is 9. The van der Waals surface area contributed by atoms with Crippen molar-refractivity contribution in [1.82, 2.24) is 27.9 Å². The van der Waals surface area contributed by atoms with Gasteiger partial charge in [-0.25, -0.2) is 9.97 Å². The van der Waals surface area contributed by atoms with Crippen molar-refractivity contribution in [2.24, 2.45) is 0 Å². The van der Waals surface area contributed by atoms with Gasteiger partial charge >= 0.3 is 0 Å². The molecule has 0 aliphatic heterocycles. The fourth-order valence-corrected chi connectivity index (χ4v) is 9.40. The van der Waals surface area contributed by atoms with Gasteiger partial charge in [-0.1, -0.05) is 146 Å². The highest BCUT2D eigenvalue weighted by molar-refractivity contribution is 5.98. The molecule has 4 aromatic heterocycles. The molecule has 9 aromatic carbocycles. The number of para-hydroxylation sites is 2. The first-order valence-electron chi connectivity index (χ1n) is 21.0. The molecule has 0 aliphatic carbocycles. The predicted octanol–water partition coefficient (Wildman–Crippen LogP) is 13.8. The van der Waals surface area contributed by atoms with Gasteiger partial charge in [0.15, 0.2) is 0 Å². The SMILES string of the molecule is c1ccc(-c2ccc(-n3c4ccc(-c5ccc6c(c5)n5c7cc(-c8ccccc8)ccc7nc5n6-c5ccc(-c6ccccc6)cc5)cc4n4c5ccccc5nc34)cc2)cc1. The van der Waals surface area contributed by atoms with E-state index in [0.717, 1.165) is 83.8 Å². The second-order valence-corrected chi connectivity index (χ2v) is 16.0. The third-order valence-corrected chi connectivity index (χ3v) is 12.4. The molecule has 13 rings (SSSR count). The molecule has 62 heavy (non-hydrogen) atoms. The van der Waals surface area contributed by atoms with Crippen molar-refractivity contribution in [2.75, 3.05) is 0 Å². The summed E-state index contributed by atoms with van der Waals surface area (Å²) in [5, 5.41) is 0. The summed E-state index contributed by atoms with van der Waals surface area (Å²) < 4.78 is 9.22. The summed E-state index contributed by atoms with van der Waals surface area (Å²) in [6.07, 6.45) is 0. The van der Waals surface area contributed by atoms with Crippen molar-refractivity contribution >= 4 is 55.7 Å². The smallest absolute Gasteiger partial charge is 0.220 e. The Hall–Kier alpha value is -8.48. The van der Waals surface area contributed by atoms with Crippen LogP contribution in [0.1, 0.15) is 0 Å². The van der Waals surface area contributed by atoms with Crippen LogP contribution in [0.5, 0.6) is 0 Å². The largest absolute Gasteiger partial charge is 0.278 e. The molecule has 290 valence electrons.